The lowest BCUT2D eigenvalue weighted by molar-refractivity contribution is -0.142. The molecule has 1 atom stereocenters. The van der Waals surface area contributed by atoms with Gasteiger partial charge in [-0.25, -0.2) is 4.39 Å². The number of carboxylic acids is 1. The Morgan fingerprint density at radius 3 is 2.19 bits per heavy atom. The molecule has 1 aromatic rings. The third-order valence-electron chi connectivity index (χ3n) is 6.72. The zero-order valence-corrected chi connectivity index (χ0v) is 16.8. The second kappa shape index (κ2) is 8.69. The first-order valence-electron chi connectivity index (χ1n) is 9.80. The Hall–Kier alpha value is -1.16. The standard InChI is InChI=1S/C22H28BrFO2/c1-2-19(22(25)26)17-9-7-15(8-10-17)14-3-5-16(6-4-14)18-11-12-20(23)21(24)13-18/h2,11-17,19H,1,3-10H2,(H,25,26)/t14-,15?,16-,17?,19?. The Morgan fingerprint density at radius 1 is 1.12 bits per heavy atom. The van der Waals surface area contributed by atoms with Crippen LogP contribution in [-0.2, 0) is 4.79 Å². The number of rotatable bonds is 5. The van der Waals surface area contributed by atoms with Gasteiger partial charge in [-0.15, -0.1) is 6.58 Å². The predicted molar refractivity (Wildman–Crippen MR) is 106 cm³/mol. The quantitative estimate of drug-likeness (QED) is 0.545. The van der Waals surface area contributed by atoms with Gasteiger partial charge < -0.3 is 5.11 Å². The summed E-state index contributed by atoms with van der Waals surface area (Å²) in [6.45, 7) is 3.70. The van der Waals surface area contributed by atoms with E-state index >= 15 is 0 Å². The molecule has 0 bridgehead atoms. The molecule has 2 nitrogen and oxygen atoms in total. The van der Waals surface area contributed by atoms with Crippen LogP contribution >= 0.6 is 15.9 Å². The summed E-state index contributed by atoms with van der Waals surface area (Å²) in [6.07, 6.45) is 10.6. The molecule has 142 valence electrons. The molecule has 0 heterocycles. The van der Waals surface area contributed by atoms with Crippen LogP contribution < -0.4 is 0 Å². The van der Waals surface area contributed by atoms with E-state index in [4.69, 9.17) is 0 Å². The minimum absolute atomic E-state index is 0.168. The minimum atomic E-state index is -0.731. The maximum Gasteiger partial charge on any atom is 0.310 e. The molecule has 3 rings (SSSR count). The summed E-state index contributed by atoms with van der Waals surface area (Å²) in [5.74, 6) is 0.918. The Kier molecular flexibility index (Phi) is 6.55. The van der Waals surface area contributed by atoms with Crippen LogP contribution in [0.25, 0.3) is 0 Å². The second-order valence-corrected chi connectivity index (χ2v) is 8.91. The lowest BCUT2D eigenvalue weighted by atomic mass is 9.67. The van der Waals surface area contributed by atoms with E-state index in [1.807, 2.05) is 12.1 Å². The van der Waals surface area contributed by atoms with E-state index in [1.165, 1.54) is 12.8 Å². The number of hydrogen-bond donors (Lipinski definition) is 1. The molecular formula is C22H28BrFO2. The molecule has 2 aliphatic rings. The van der Waals surface area contributed by atoms with Crippen molar-refractivity contribution in [2.75, 3.05) is 0 Å². The van der Waals surface area contributed by atoms with Gasteiger partial charge in [0.15, 0.2) is 0 Å². The van der Waals surface area contributed by atoms with Crippen molar-refractivity contribution in [1.82, 2.24) is 0 Å². The van der Waals surface area contributed by atoms with Gasteiger partial charge in [0.2, 0.25) is 0 Å². The highest BCUT2D eigenvalue weighted by molar-refractivity contribution is 9.10. The van der Waals surface area contributed by atoms with Gasteiger partial charge in [-0.2, -0.15) is 0 Å². The lowest BCUT2D eigenvalue weighted by Gasteiger charge is -2.38. The van der Waals surface area contributed by atoms with E-state index in [-0.39, 0.29) is 17.7 Å². The minimum Gasteiger partial charge on any atom is -0.481 e. The zero-order chi connectivity index (χ0) is 18.7. The fourth-order valence-electron chi connectivity index (χ4n) is 5.16. The summed E-state index contributed by atoms with van der Waals surface area (Å²) in [6, 6.07) is 5.54. The molecule has 0 saturated heterocycles. The van der Waals surface area contributed by atoms with Crippen molar-refractivity contribution in [3.8, 4) is 0 Å². The maximum atomic E-state index is 13.8. The molecule has 2 saturated carbocycles. The van der Waals surface area contributed by atoms with Crippen LogP contribution in [0.3, 0.4) is 0 Å². The molecular weight excluding hydrogens is 395 g/mol. The van der Waals surface area contributed by atoms with Gasteiger partial charge in [0.05, 0.1) is 10.4 Å². The third-order valence-corrected chi connectivity index (χ3v) is 7.36. The number of aliphatic carboxylic acids is 1. The smallest absolute Gasteiger partial charge is 0.310 e. The van der Waals surface area contributed by atoms with Crippen LogP contribution in [-0.4, -0.2) is 11.1 Å². The lowest BCUT2D eigenvalue weighted by Crippen LogP contribution is -2.30. The Labute approximate surface area is 164 Å². The first kappa shape index (κ1) is 19.6. The summed E-state index contributed by atoms with van der Waals surface area (Å²) in [7, 11) is 0. The van der Waals surface area contributed by atoms with Gasteiger partial charge in [0, 0.05) is 0 Å². The average molecular weight is 423 g/mol. The van der Waals surface area contributed by atoms with Crippen molar-refractivity contribution >= 4 is 21.9 Å². The monoisotopic (exact) mass is 422 g/mol. The molecule has 0 aromatic heterocycles. The molecule has 1 aromatic carbocycles. The third kappa shape index (κ3) is 4.39. The van der Waals surface area contributed by atoms with Crippen molar-refractivity contribution in [3.63, 3.8) is 0 Å². The van der Waals surface area contributed by atoms with E-state index in [0.717, 1.165) is 55.9 Å². The Balaban J connectivity index is 1.50. The van der Waals surface area contributed by atoms with E-state index in [1.54, 1.807) is 12.1 Å². The van der Waals surface area contributed by atoms with Crippen molar-refractivity contribution in [1.29, 1.82) is 0 Å². The van der Waals surface area contributed by atoms with E-state index in [2.05, 4.69) is 22.5 Å². The zero-order valence-electron chi connectivity index (χ0n) is 15.2. The Morgan fingerprint density at radius 2 is 1.69 bits per heavy atom. The summed E-state index contributed by atoms with van der Waals surface area (Å²) in [5.41, 5.74) is 1.13. The highest BCUT2D eigenvalue weighted by Crippen LogP contribution is 2.45. The highest BCUT2D eigenvalue weighted by Gasteiger charge is 2.34. The largest absolute Gasteiger partial charge is 0.481 e. The second-order valence-electron chi connectivity index (χ2n) is 8.06. The predicted octanol–water partition coefficient (Wildman–Crippen LogP) is 6.56. The summed E-state index contributed by atoms with van der Waals surface area (Å²) >= 11 is 3.23. The fraction of sp³-hybridized carbons (Fsp3) is 0.591. The number of hydrogen-bond acceptors (Lipinski definition) is 1. The molecule has 2 fully saturated rings. The highest BCUT2D eigenvalue weighted by atomic mass is 79.9. The van der Waals surface area contributed by atoms with Crippen LogP contribution in [0, 0.1) is 29.5 Å². The van der Waals surface area contributed by atoms with Gasteiger partial charge in [0.25, 0.3) is 0 Å². The molecule has 0 amide bonds. The summed E-state index contributed by atoms with van der Waals surface area (Å²) in [4.78, 5) is 11.3. The number of carbonyl (C=O) groups is 1. The van der Waals surface area contributed by atoms with E-state index in [0.29, 0.717) is 10.4 Å². The van der Waals surface area contributed by atoms with Gasteiger partial charge in [-0.3, -0.25) is 4.79 Å². The van der Waals surface area contributed by atoms with Crippen LogP contribution in [0.5, 0.6) is 0 Å². The normalized spacial score (nSPS) is 30.5. The molecule has 1 unspecified atom stereocenters. The molecule has 1 N–H and O–H groups in total. The van der Waals surface area contributed by atoms with Crippen LogP contribution in [0.1, 0.15) is 62.8 Å². The molecule has 26 heavy (non-hydrogen) atoms. The van der Waals surface area contributed by atoms with Crippen molar-refractivity contribution in [2.45, 2.75) is 57.3 Å². The van der Waals surface area contributed by atoms with Crippen molar-refractivity contribution in [2.24, 2.45) is 23.7 Å². The molecule has 0 aliphatic heterocycles. The summed E-state index contributed by atoms with van der Waals surface area (Å²) < 4.78 is 14.3. The molecule has 4 heteroatoms. The molecule has 0 spiro atoms. The molecule has 2 aliphatic carbocycles. The number of halogens is 2. The van der Waals surface area contributed by atoms with Crippen molar-refractivity contribution < 1.29 is 14.3 Å². The summed E-state index contributed by atoms with van der Waals surface area (Å²) in [5, 5.41) is 9.31. The van der Waals surface area contributed by atoms with Gasteiger partial charge in [-0.1, -0.05) is 12.1 Å². The number of carboxylic acid groups (broad SMARTS) is 1. The first-order chi connectivity index (χ1) is 12.5. The first-order valence-corrected chi connectivity index (χ1v) is 10.6. The average Bonchev–Trinajstić information content (AvgIpc) is 2.65. The molecule has 0 radical (unpaired) electrons. The topological polar surface area (TPSA) is 37.3 Å². The van der Waals surface area contributed by atoms with Crippen molar-refractivity contribution in [3.05, 3.63) is 46.7 Å². The SMILES string of the molecule is C=CC(C(=O)O)C1CCC([C@H]2CC[C@H](c3ccc(Br)c(F)c3)CC2)CC1. The van der Waals surface area contributed by atoms with Crippen LogP contribution in [0.4, 0.5) is 4.39 Å². The van der Waals surface area contributed by atoms with Gasteiger partial charge in [0.1, 0.15) is 5.82 Å². The van der Waals surface area contributed by atoms with Crippen LogP contribution in [0.2, 0.25) is 0 Å². The van der Waals surface area contributed by atoms with E-state index < -0.39 is 5.97 Å². The Bertz CT molecular complexity index is 644. The maximum absolute atomic E-state index is 13.8. The van der Waals surface area contributed by atoms with Gasteiger partial charge in [-0.05, 0) is 109 Å². The van der Waals surface area contributed by atoms with Gasteiger partial charge >= 0.3 is 5.97 Å². The fourth-order valence-corrected chi connectivity index (χ4v) is 5.41. The van der Waals surface area contributed by atoms with Crippen LogP contribution in [0.15, 0.2) is 35.3 Å². The number of benzene rings is 1. The van der Waals surface area contributed by atoms with E-state index in [9.17, 15) is 14.3 Å².